The molecule has 2 aromatic carbocycles. The zero-order chi connectivity index (χ0) is 17.3. The molecule has 0 aliphatic carbocycles. The molecular weight excluding hydrogens is 358 g/mol. The highest BCUT2D eigenvalue weighted by Crippen LogP contribution is 2.32. The predicted octanol–water partition coefficient (Wildman–Crippen LogP) is 6.78. The number of hydrogen-bond donors (Lipinski definition) is 0. The topological polar surface area (TPSA) is 4.93 Å². The molecule has 0 bridgehead atoms. The molecule has 0 spiro atoms. The van der Waals surface area contributed by atoms with Gasteiger partial charge in [-0.3, -0.25) is 0 Å². The Bertz CT molecular complexity index is 819. The molecule has 1 heterocycles. The van der Waals surface area contributed by atoms with Crippen LogP contribution in [0.25, 0.3) is 16.5 Å². The van der Waals surface area contributed by atoms with Crippen LogP contribution in [-0.4, -0.2) is 4.57 Å². The third-order valence-electron chi connectivity index (χ3n) is 4.66. The molecule has 0 N–H and O–H groups in total. The number of halogens is 1. The minimum atomic E-state index is 0.142. The van der Waals surface area contributed by atoms with Gasteiger partial charge in [0.1, 0.15) is 0 Å². The Hall–Kier alpha value is -1.54. The van der Waals surface area contributed by atoms with E-state index in [-0.39, 0.29) is 5.41 Å². The molecule has 3 aromatic rings. The molecular formula is C22H26BrN. The molecule has 2 heteroatoms. The Kier molecular flexibility index (Phi) is 4.87. The number of hydrogen-bond acceptors (Lipinski definition) is 0. The molecule has 126 valence electrons. The average molecular weight is 384 g/mol. The zero-order valence-electron chi connectivity index (χ0n) is 15.1. The van der Waals surface area contributed by atoms with E-state index in [0.29, 0.717) is 0 Å². The summed E-state index contributed by atoms with van der Waals surface area (Å²) in [6.07, 6.45) is 6.78. The quantitative estimate of drug-likeness (QED) is 0.437. The molecule has 24 heavy (non-hydrogen) atoms. The summed E-state index contributed by atoms with van der Waals surface area (Å²) >= 11 is 3.71. The van der Waals surface area contributed by atoms with Gasteiger partial charge in [-0.2, -0.15) is 0 Å². The van der Waals surface area contributed by atoms with Crippen LogP contribution in [-0.2, 0) is 17.2 Å². The van der Waals surface area contributed by atoms with E-state index in [0.717, 1.165) is 18.2 Å². The molecule has 3 rings (SSSR count). The number of rotatable bonds is 4. The normalized spacial score (nSPS) is 12.0. The van der Waals surface area contributed by atoms with Gasteiger partial charge < -0.3 is 4.57 Å². The maximum atomic E-state index is 3.71. The van der Waals surface area contributed by atoms with Crippen molar-refractivity contribution in [2.24, 2.45) is 0 Å². The fourth-order valence-corrected chi connectivity index (χ4v) is 3.76. The molecule has 0 saturated heterocycles. The van der Waals surface area contributed by atoms with Crippen LogP contribution in [0.1, 0.15) is 50.8 Å². The van der Waals surface area contributed by atoms with Crippen LogP contribution in [0.4, 0.5) is 0 Å². The van der Waals surface area contributed by atoms with Crippen molar-refractivity contribution in [3.63, 3.8) is 0 Å². The monoisotopic (exact) mass is 383 g/mol. The minimum absolute atomic E-state index is 0.142. The zero-order valence-corrected chi connectivity index (χ0v) is 16.7. The van der Waals surface area contributed by atoms with Gasteiger partial charge in [-0.15, -0.1) is 0 Å². The van der Waals surface area contributed by atoms with Gasteiger partial charge in [-0.1, -0.05) is 80.4 Å². The smallest absolute Gasteiger partial charge is 0.0487 e. The summed E-state index contributed by atoms with van der Waals surface area (Å²) in [5.74, 6) is 0. The average Bonchev–Trinajstić information content (AvgIpc) is 2.98. The summed E-state index contributed by atoms with van der Waals surface area (Å²) in [5, 5.41) is 3.49. The van der Waals surface area contributed by atoms with Gasteiger partial charge >= 0.3 is 0 Å². The lowest BCUT2D eigenvalue weighted by Gasteiger charge is -2.24. The Morgan fingerprint density at radius 2 is 1.62 bits per heavy atom. The van der Waals surface area contributed by atoms with E-state index in [1.807, 2.05) is 0 Å². The first-order valence-electron chi connectivity index (χ1n) is 8.73. The lowest BCUT2D eigenvalue weighted by molar-refractivity contribution is 0.588. The van der Waals surface area contributed by atoms with Crippen molar-refractivity contribution in [3.05, 3.63) is 65.5 Å². The maximum Gasteiger partial charge on any atom is 0.0487 e. The summed E-state index contributed by atoms with van der Waals surface area (Å²) < 4.78 is 2.32. The third-order valence-corrected chi connectivity index (χ3v) is 5.26. The highest BCUT2D eigenvalue weighted by atomic mass is 79.9. The fourth-order valence-electron chi connectivity index (χ4n) is 3.26. The van der Waals surface area contributed by atoms with Crippen LogP contribution in [0.15, 0.2) is 48.8 Å². The highest BCUT2D eigenvalue weighted by molar-refractivity contribution is 9.08. The van der Waals surface area contributed by atoms with E-state index >= 15 is 0 Å². The van der Waals surface area contributed by atoms with Gasteiger partial charge in [0, 0.05) is 23.4 Å². The summed E-state index contributed by atoms with van der Waals surface area (Å²) in [6.45, 7) is 9.12. The van der Waals surface area contributed by atoms with Gasteiger partial charge in [-0.25, -0.2) is 0 Å². The van der Waals surface area contributed by atoms with E-state index < -0.39 is 0 Å². The van der Waals surface area contributed by atoms with Crippen molar-refractivity contribution >= 4 is 26.7 Å². The summed E-state index contributed by atoms with van der Waals surface area (Å²) in [5.41, 5.74) is 5.74. The van der Waals surface area contributed by atoms with Gasteiger partial charge in [0.25, 0.3) is 0 Å². The first-order valence-corrected chi connectivity index (χ1v) is 9.85. The Labute approximate surface area is 153 Å². The predicted molar refractivity (Wildman–Crippen MR) is 109 cm³/mol. The number of aromatic nitrogens is 1. The number of fused-ring (bicyclic) bond motifs is 1. The van der Waals surface area contributed by atoms with E-state index in [9.17, 15) is 0 Å². The molecule has 0 aliphatic heterocycles. The Balaban J connectivity index is 2.26. The number of benzene rings is 2. The maximum absolute atomic E-state index is 3.71. The standard InChI is InChI=1S/C22H26BrN/c1-5-8-20-18(13-23)11-19(22(2,3)4)12-21(20)24-14-16-9-6-7-10-17(16)15-24/h6-7,9-12,14-15H,5,8,13H2,1-4H3. The van der Waals surface area contributed by atoms with Crippen molar-refractivity contribution in [2.45, 2.75) is 51.3 Å². The Morgan fingerprint density at radius 1 is 1.00 bits per heavy atom. The van der Waals surface area contributed by atoms with Crippen molar-refractivity contribution in [1.82, 2.24) is 4.57 Å². The van der Waals surface area contributed by atoms with Crippen molar-refractivity contribution in [3.8, 4) is 5.69 Å². The van der Waals surface area contributed by atoms with Gasteiger partial charge in [0.05, 0.1) is 0 Å². The first kappa shape index (κ1) is 17.3. The van der Waals surface area contributed by atoms with E-state index in [4.69, 9.17) is 0 Å². The van der Waals surface area contributed by atoms with Crippen molar-refractivity contribution in [2.75, 3.05) is 0 Å². The summed E-state index contributed by atoms with van der Waals surface area (Å²) in [6, 6.07) is 13.3. The molecule has 0 saturated carbocycles. The molecule has 0 atom stereocenters. The molecule has 1 aromatic heterocycles. The van der Waals surface area contributed by atoms with Crippen LogP contribution in [0.5, 0.6) is 0 Å². The lowest BCUT2D eigenvalue weighted by Crippen LogP contribution is -2.14. The van der Waals surface area contributed by atoms with Gasteiger partial charge in [0.15, 0.2) is 0 Å². The molecule has 0 unspecified atom stereocenters. The van der Waals surface area contributed by atoms with E-state index in [1.54, 1.807) is 0 Å². The van der Waals surface area contributed by atoms with E-state index in [2.05, 4.69) is 97.0 Å². The Morgan fingerprint density at radius 3 is 2.12 bits per heavy atom. The summed E-state index contributed by atoms with van der Waals surface area (Å²) in [4.78, 5) is 0. The molecule has 0 aliphatic rings. The summed E-state index contributed by atoms with van der Waals surface area (Å²) in [7, 11) is 0. The number of alkyl halides is 1. The number of nitrogens with zero attached hydrogens (tertiary/aromatic N) is 1. The second kappa shape index (κ2) is 6.76. The second-order valence-corrected chi connectivity index (χ2v) is 8.12. The van der Waals surface area contributed by atoms with Crippen LogP contribution in [0, 0.1) is 0 Å². The minimum Gasteiger partial charge on any atom is -0.322 e. The van der Waals surface area contributed by atoms with Crippen LogP contribution < -0.4 is 0 Å². The van der Waals surface area contributed by atoms with Gasteiger partial charge in [-0.05, 0) is 45.4 Å². The fraction of sp³-hybridized carbons (Fsp3) is 0.364. The van der Waals surface area contributed by atoms with Gasteiger partial charge in [0.2, 0.25) is 0 Å². The van der Waals surface area contributed by atoms with Crippen molar-refractivity contribution < 1.29 is 0 Å². The van der Waals surface area contributed by atoms with Crippen molar-refractivity contribution in [1.29, 1.82) is 0 Å². The highest BCUT2D eigenvalue weighted by Gasteiger charge is 2.19. The molecule has 0 radical (unpaired) electrons. The molecule has 1 nitrogen and oxygen atoms in total. The van der Waals surface area contributed by atoms with E-state index in [1.165, 1.54) is 33.2 Å². The largest absolute Gasteiger partial charge is 0.322 e. The first-order chi connectivity index (χ1) is 11.4. The SMILES string of the molecule is CCCc1c(CBr)cc(C(C)(C)C)cc1-n1cc2ccccc2c1. The lowest BCUT2D eigenvalue weighted by atomic mass is 9.84. The molecule has 0 amide bonds. The molecule has 0 fully saturated rings. The van der Waals surface area contributed by atoms with Crippen LogP contribution >= 0.6 is 15.9 Å². The van der Waals surface area contributed by atoms with Crippen LogP contribution in [0.2, 0.25) is 0 Å². The van der Waals surface area contributed by atoms with Crippen LogP contribution in [0.3, 0.4) is 0 Å². The second-order valence-electron chi connectivity index (χ2n) is 7.56. The third kappa shape index (κ3) is 3.30.